The maximum Gasteiger partial charge on any atom is 0.263 e. The monoisotopic (exact) mass is 172 g/mol. The molecule has 0 aromatic carbocycles. The molecule has 4 heteroatoms. The van der Waals surface area contributed by atoms with Crippen molar-refractivity contribution in [3.63, 3.8) is 0 Å². The van der Waals surface area contributed by atoms with E-state index in [2.05, 4.69) is 4.84 Å². The Balaban J connectivity index is 2.66. The van der Waals surface area contributed by atoms with E-state index in [1.165, 1.54) is 0 Å². The third-order valence-corrected chi connectivity index (χ3v) is 1.61. The molecule has 0 fully saturated rings. The van der Waals surface area contributed by atoms with E-state index in [9.17, 15) is 4.79 Å². The fourth-order valence-corrected chi connectivity index (χ4v) is 1.01. The summed E-state index contributed by atoms with van der Waals surface area (Å²) in [6.45, 7) is 0.606. The van der Waals surface area contributed by atoms with E-state index in [0.29, 0.717) is 12.1 Å². The van der Waals surface area contributed by atoms with Gasteiger partial charge in [0.1, 0.15) is 0 Å². The Morgan fingerprint density at radius 3 is 3.09 bits per heavy atom. The summed E-state index contributed by atoms with van der Waals surface area (Å²) in [6.07, 6.45) is 5.45. The first kappa shape index (κ1) is 8.14. The van der Waals surface area contributed by atoms with E-state index >= 15 is 0 Å². The lowest BCUT2D eigenvalue weighted by Gasteiger charge is -2.17. The van der Waals surface area contributed by atoms with Crippen LogP contribution in [0.4, 0.5) is 0 Å². The largest absolute Gasteiger partial charge is 0.376 e. The van der Waals surface area contributed by atoms with Gasteiger partial charge in [0, 0.05) is 30.9 Å². The minimum atomic E-state index is -0.233. The molecule has 0 atom stereocenters. The Hall–Kier alpha value is -0.960. The number of nitrogens with zero attached hydrogens (tertiary/aromatic N) is 1. The molecule has 1 N–H and O–H groups in total. The lowest BCUT2D eigenvalue weighted by molar-refractivity contribution is -0.116. The first-order valence-corrected chi connectivity index (χ1v) is 3.60. The van der Waals surface area contributed by atoms with Crippen molar-refractivity contribution in [1.82, 2.24) is 9.74 Å². The third kappa shape index (κ3) is 1.98. The van der Waals surface area contributed by atoms with Gasteiger partial charge in [-0.3, -0.25) is 9.63 Å². The molecule has 11 heavy (non-hydrogen) atoms. The van der Waals surface area contributed by atoms with E-state index < -0.39 is 0 Å². The summed E-state index contributed by atoms with van der Waals surface area (Å²) in [7, 11) is 1.89. The Bertz CT molecular complexity index is 222. The van der Waals surface area contributed by atoms with Crippen molar-refractivity contribution in [2.24, 2.45) is 0 Å². The molecule has 1 heterocycles. The summed E-state index contributed by atoms with van der Waals surface area (Å²) in [5, 5.41) is 0. The molecule has 0 aromatic rings. The zero-order valence-electron chi connectivity index (χ0n) is 6.17. The number of carbonyl (C=O) groups excluding carboxylic acids is 1. The Labute approximate surface area is 70.4 Å². The maximum absolute atomic E-state index is 10.9. The predicted molar refractivity (Wildman–Crippen MR) is 43.8 cm³/mol. The van der Waals surface area contributed by atoms with E-state index in [1.807, 2.05) is 24.2 Å². The molecule has 0 bridgehead atoms. The highest BCUT2D eigenvalue weighted by Crippen LogP contribution is 2.04. The quantitative estimate of drug-likeness (QED) is 0.589. The van der Waals surface area contributed by atoms with Crippen LogP contribution in [0.1, 0.15) is 0 Å². The van der Waals surface area contributed by atoms with Gasteiger partial charge in [0.05, 0.1) is 0 Å². The van der Waals surface area contributed by atoms with Gasteiger partial charge in [-0.25, -0.2) is 0 Å². The number of hydrogen-bond donors (Lipinski definition) is 1. The minimum absolute atomic E-state index is 0.233. The third-order valence-electron chi connectivity index (χ3n) is 1.44. The van der Waals surface area contributed by atoms with Crippen LogP contribution in [-0.4, -0.2) is 24.4 Å². The van der Waals surface area contributed by atoms with Crippen LogP contribution in [0.15, 0.2) is 23.9 Å². The number of amides is 1. The zero-order chi connectivity index (χ0) is 8.27. The van der Waals surface area contributed by atoms with Crippen molar-refractivity contribution in [3.8, 4) is 0 Å². The van der Waals surface area contributed by atoms with Gasteiger partial charge in [0.25, 0.3) is 5.91 Å². The second-order valence-corrected chi connectivity index (χ2v) is 2.56. The van der Waals surface area contributed by atoms with Crippen molar-refractivity contribution in [2.75, 3.05) is 13.6 Å². The van der Waals surface area contributed by atoms with Crippen molar-refractivity contribution in [3.05, 3.63) is 23.9 Å². The number of hydrogen-bond acceptors (Lipinski definition) is 2. The van der Waals surface area contributed by atoms with Crippen LogP contribution in [0.3, 0.4) is 0 Å². The smallest absolute Gasteiger partial charge is 0.263 e. The number of nitrogens with one attached hydrogen (secondary N) is 1. The molecule has 0 aliphatic carbocycles. The molecule has 1 aliphatic heterocycles. The van der Waals surface area contributed by atoms with Crippen LogP contribution in [0.2, 0.25) is 0 Å². The molecule has 0 saturated carbocycles. The van der Waals surface area contributed by atoms with Crippen LogP contribution in [0, 0.1) is 0 Å². The average Bonchev–Trinajstić information content (AvgIpc) is 2.03. The minimum Gasteiger partial charge on any atom is -0.376 e. The first-order valence-electron chi connectivity index (χ1n) is 3.22. The second-order valence-electron chi connectivity index (χ2n) is 2.37. The number of halogens is 1. The predicted octanol–water partition coefficient (Wildman–Crippen LogP) is 0.642. The lowest BCUT2D eigenvalue weighted by Crippen LogP contribution is -2.26. The Kier molecular flexibility index (Phi) is 2.54. The number of likely N-dealkylation sites (N-methyl/N-ethyl adjacent to an activating group) is 1. The molecule has 1 amide bonds. The summed E-state index contributed by atoms with van der Waals surface area (Å²) in [6, 6.07) is 0. The van der Waals surface area contributed by atoms with Crippen LogP contribution < -0.4 is 4.84 Å². The van der Waals surface area contributed by atoms with E-state index in [-0.39, 0.29) is 5.91 Å². The van der Waals surface area contributed by atoms with Crippen LogP contribution in [0.5, 0.6) is 0 Å². The number of carbonyl (C=O) groups is 1. The summed E-state index contributed by atoms with van der Waals surface area (Å²) < 4.78 is 0. The molecule has 0 unspecified atom stereocenters. The van der Waals surface area contributed by atoms with Crippen LogP contribution >= 0.6 is 11.8 Å². The normalized spacial score (nSPS) is 16.2. The Morgan fingerprint density at radius 2 is 2.55 bits per heavy atom. The van der Waals surface area contributed by atoms with Crippen molar-refractivity contribution in [1.29, 1.82) is 0 Å². The molecular weight excluding hydrogens is 164 g/mol. The van der Waals surface area contributed by atoms with Gasteiger partial charge in [-0.2, -0.15) is 0 Å². The van der Waals surface area contributed by atoms with Gasteiger partial charge in [-0.05, 0) is 12.3 Å². The molecule has 0 saturated heterocycles. The van der Waals surface area contributed by atoms with Gasteiger partial charge in [0.2, 0.25) is 0 Å². The summed E-state index contributed by atoms with van der Waals surface area (Å²) in [5.41, 5.74) is 0.671. The molecule has 0 aromatic heterocycles. The van der Waals surface area contributed by atoms with Crippen molar-refractivity contribution >= 4 is 17.7 Å². The molecule has 1 rings (SSSR count). The fourth-order valence-electron chi connectivity index (χ4n) is 0.888. The second kappa shape index (κ2) is 3.44. The van der Waals surface area contributed by atoms with Crippen molar-refractivity contribution in [2.45, 2.75) is 0 Å². The molecule has 1 aliphatic rings. The highest BCUT2D eigenvalue weighted by Gasteiger charge is 2.10. The highest BCUT2D eigenvalue weighted by molar-refractivity contribution is 6.24. The molecule has 3 nitrogen and oxygen atoms in total. The molecule has 0 radical (unpaired) electrons. The molecule has 60 valence electrons. The molecule has 0 spiro atoms. The van der Waals surface area contributed by atoms with Gasteiger partial charge in [0.15, 0.2) is 0 Å². The van der Waals surface area contributed by atoms with Gasteiger partial charge < -0.3 is 4.90 Å². The summed E-state index contributed by atoms with van der Waals surface area (Å²) in [4.78, 5) is 14.9. The first-order chi connectivity index (χ1) is 5.24. The SMILES string of the molecule is CN1C=CC=C(C(=O)NCl)C1. The fraction of sp³-hybridized carbons (Fsp3) is 0.286. The van der Waals surface area contributed by atoms with E-state index in [0.717, 1.165) is 0 Å². The van der Waals surface area contributed by atoms with Gasteiger partial charge in [-0.1, -0.05) is 6.08 Å². The Morgan fingerprint density at radius 1 is 1.82 bits per heavy atom. The number of rotatable bonds is 1. The summed E-state index contributed by atoms with van der Waals surface area (Å²) in [5.74, 6) is -0.233. The van der Waals surface area contributed by atoms with Crippen LogP contribution in [-0.2, 0) is 4.79 Å². The average molecular weight is 173 g/mol. The molecular formula is C7H9ClN2O. The van der Waals surface area contributed by atoms with Crippen LogP contribution in [0.25, 0.3) is 0 Å². The maximum atomic E-state index is 10.9. The highest BCUT2D eigenvalue weighted by atomic mass is 35.5. The standard InChI is InChI=1S/C7H9ClN2O/c1-10-4-2-3-6(5-10)7(11)9-8/h2-4H,5H2,1H3,(H,9,11). The van der Waals surface area contributed by atoms with Gasteiger partial charge in [-0.15, -0.1) is 0 Å². The lowest BCUT2D eigenvalue weighted by atomic mass is 10.2. The van der Waals surface area contributed by atoms with Gasteiger partial charge >= 0.3 is 0 Å². The topological polar surface area (TPSA) is 32.3 Å². The van der Waals surface area contributed by atoms with Crippen molar-refractivity contribution < 1.29 is 4.79 Å². The zero-order valence-corrected chi connectivity index (χ0v) is 6.93. The summed E-state index contributed by atoms with van der Waals surface area (Å²) >= 11 is 5.15. The van der Waals surface area contributed by atoms with E-state index in [4.69, 9.17) is 11.8 Å². The number of allylic oxidation sites excluding steroid dienone is 2. The van der Waals surface area contributed by atoms with E-state index in [1.54, 1.807) is 6.08 Å².